The van der Waals surface area contributed by atoms with E-state index in [2.05, 4.69) is 10.6 Å². The van der Waals surface area contributed by atoms with Gasteiger partial charge in [0.05, 0.1) is 14.2 Å². The number of hydrogen-bond donors (Lipinski definition) is 2. The lowest BCUT2D eigenvalue weighted by atomic mass is 10.2. The van der Waals surface area contributed by atoms with Crippen LogP contribution in [0.1, 0.15) is 35.7 Å². The molecule has 0 aromatic heterocycles. The van der Waals surface area contributed by atoms with Gasteiger partial charge in [-0.2, -0.15) is 0 Å². The number of ether oxygens (including phenoxy) is 2. The Morgan fingerprint density at radius 3 is 1.28 bits per heavy atom. The van der Waals surface area contributed by atoms with Gasteiger partial charge in [-0.1, -0.05) is 24.3 Å². The molecule has 0 fully saturated rings. The zero-order valence-corrected chi connectivity index (χ0v) is 17.4. The Labute approximate surface area is 170 Å². The topological polar surface area (TPSA) is 111 Å². The summed E-state index contributed by atoms with van der Waals surface area (Å²) in [5.74, 6) is 0.0407. The van der Waals surface area contributed by atoms with Crippen molar-refractivity contribution in [3.8, 4) is 11.5 Å². The van der Waals surface area contributed by atoms with Gasteiger partial charge in [-0.05, 0) is 35.4 Å². The molecule has 2 aromatic rings. The van der Waals surface area contributed by atoms with E-state index in [-0.39, 0.29) is 0 Å². The van der Waals surface area contributed by atoms with E-state index in [4.69, 9.17) is 9.47 Å². The fourth-order valence-electron chi connectivity index (χ4n) is 2.77. The standard InChI is InChI=1S/C20H24N2O6S/c1-13(23)21-19(15-5-9-17(27-3)10-6-15)29(25,26)20(22-14(2)24)16-7-11-18(28-4)12-8-16/h5-12,19-20H,1-4H3,(H,21,23)(H,22,24). The summed E-state index contributed by atoms with van der Waals surface area (Å²) < 4.78 is 37.2. The molecule has 0 aliphatic rings. The Morgan fingerprint density at radius 1 is 0.724 bits per heavy atom. The highest BCUT2D eigenvalue weighted by molar-refractivity contribution is 7.91. The number of amides is 2. The molecule has 156 valence electrons. The first kappa shape index (κ1) is 22.2. The number of methoxy groups -OCH3 is 2. The summed E-state index contributed by atoms with van der Waals surface area (Å²) in [5.41, 5.74) is 0.676. The third-order valence-electron chi connectivity index (χ3n) is 4.16. The molecule has 2 aromatic carbocycles. The average Bonchev–Trinajstić information content (AvgIpc) is 2.70. The molecule has 2 atom stereocenters. The molecule has 8 nitrogen and oxygen atoms in total. The molecule has 2 amide bonds. The van der Waals surface area contributed by atoms with Crippen LogP contribution in [0.4, 0.5) is 0 Å². The van der Waals surface area contributed by atoms with Crippen LogP contribution in [0, 0.1) is 0 Å². The van der Waals surface area contributed by atoms with Gasteiger partial charge in [-0.3, -0.25) is 9.59 Å². The summed E-state index contributed by atoms with van der Waals surface area (Å²) in [5, 5.41) is 2.21. The molecular formula is C20H24N2O6S. The molecule has 0 radical (unpaired) electrons. The largest absolute Gasteiger partial charge is 0.497 e. The summed E-state index contributed by atoms with van der Waals surface area (Å²) in [6, 6.07) is 12.6. The van der Waals surface area contributed by atoms with Crippen LogP contribution in [0.3, 0.4) is 0 Å². The van der Waals surface area contributed by atoms with Crippen molar-refractivity contribution < 1.29 is 27.5 Å². The predicted molar refractivity (Wildman–Crippen MR) is 108 cm³/mol. The van der Waals surface area contributed by atoms with Gasteiger partial charge in [0.15, 0.2) is 10.7 Å². The highest BCUT2D eigenvalue weighted by Gasteiger charge is 2.37. The molecule has 2 N–H and O–H groups in total. The first-order valence-electron chi connectivity index (χ1n) is 8.74. The van der Waals surface area contributed by atoms with E-state index in [9.17, 15) is 18.0 Å². The van der Waals surface area contributed by atoms with Gasteiger partial charge in [-0.25, -0.2) is 8.42 Å². The smallest absolute Gasteiger partial charge is 0.218 e. The van der Waals surface area contributed by atoms with E-state index < -0.39 is 32.4 Å². The van der Waals surface area contributed by atoms with Crippen molar-refractivity contribution in [3.05, 3.63) is 59.7 Å². The summed E-state index contributed by atoms with van der Waals surface area (Å²) in [6.07, 6.45) is 0. The molecule has 0 bridgehead atoms. The lowest BCUT2D eigenvalue weighted by Crippen LogP contribution is -2.40. The van der Waals surface area contributed by atoms with Gasteiger partial charge >= 0.3 is 0 Å². The Kier molecular flexibility index (Phi) is 7.22. The van der Waals surface area contributed by atoms with E-state index in [0.717, 1.165) is 0 Å². The fourth-order valence-corrected chi connectivity index (χ4v) is 4.78. The van der Waals surface area contributed by atoms with Gasteiger partial charge in [0.1, 0.15) is 11.5 Å². The minimum absolute atomic E-state index is 0.338. The molecule has 0 aliphatic heterocycles. The Bertz CT molecular complexity index is 882. The van der Waals surface area contributed by atoms with E-state index in [1.54, 1.807) is 48.5 Å². The lowest BCUT2D eigenvalue weighted by Gasteiger charge is -2.26. The lowest BCUT2D eigenvalue weighted by molar-refractivity contribution is -0.119. The Hall–Kier alpha value is -3.07. The number of rotatable bonds is 8. The number of benzene rings is 2. The van der Waals surface area contributed by atoms with Crippen molar-refractivity contribution >= 4 is 21.7 Å². The van der Waals surface area contributed by atoms with Crippen LogP contribution < -0.4 is 20.1 Å². The minimum Gasteiger partial charge on any atom is -0.497 e. The van der Waals surface area contributed by atoms with Crippen molar-refractivity contribution in [3.63, 3.8) is 0 Å². The normalized spacial score (nSPS) is 13.1. The van der Waals surface area contributed by atoms with Crippen LogP contribution in [0.25, 0.3) is 0 Å². The van der Waals surface area contributed by atoms with Crippen LogP contribution in [-0.4, -0.2) is 34.5 Å². The van der Waals surface area contributed by atoms with Gasteiger partial charge < -0.3 is 20.1 Å². The van der Waals surface area contributed by atoms with Crippen LogP contribution in [0.15, 0.2) is 48.5 Å². The van der Waals surface area contributed by atoms with Crippen LogP contribution in [-0.2, 0) is 19.4 Å². The van der Waals surface area contributed by atoms with Gasteiger partial charge in [0.25, 0.3) is 0 Å². The number of carbonyl (C=O) groups excluding carboxylic acids is 2. The van der Waals surface area contributed by atoms with Crippen LogP contribution >= 0.6 is 0 Å². The molecule has 2 rings (SSSR count). The van der Waals surface area contributed by atoms with E-state index in [1.165, 1.54) is 28.1 Å². The molecule has 0 spiro atoms. The maximum absolute atomic E-state index is 13.5. The number of hydrogen-bond acceptors (Lipinski definition) is 6. The van der Waals surface area contributed by atoms with Crippen molar-refractivity contribution in [1.82, 2.24) is 10.6 Å². The van der Waals surface area contributed by atoms with Crippen molar-refractivity contribution in [2.75, 3.05) is 14.2 Å². The van der Waals surface area contributed by atoms with E-state index >= 15 is 0 Å². The van der Waals surface area contributed by atoms with Gasteiger partial charge in [0.2, 0.25) is 21.7 Å². The van der Waals surface area contributed by atoms with Crippen molar-refractivity contribution in [1.29, 1.82) is 0 Å². The highest BCUT2D eigenvalue weighted by atomic mass is 32.2. The maximum Gasteiger partial charge on any atom is 0.218 e. The Morgan fingerprint density at radius 2 is 1.03 bits per heavy atom. The molecule has 2 unspecified atom stereocenters. The number of nitrogens with one attached hydrogen (secondary N) is 2. The average molecular weight is 420 g/mol. The molecule has 0 saturated heterocycles. The fraction of sp³-hybridized carbons (Fsp3) is 0.300. The zero-order valence-electron chi connectivity index (χ0n) is 16.6. The second-order valence-corrected chi connectivity index (χ2v) is 8.42. The molecule has 0 heterocycles. The summed E-state index contributed by atoms with van der Waals surface area (Å²) in [4.78, 5) is 23.5. The molecule has 9 heteroatoms. The molecule has 29 heavy (non-hydrogen) atoms. The van der Waals surface area contributed by atoms with Crippen LogP contribution in [0.2, 0.25) is 0 Å². The van der Waals surface area contributed by atoms with Gasteiger partial charge in [0, 0.05) is 13.8 Å². The first-order valence-corrected chi connectivity index (χ1v) is 10.3. The second kappa shape index (κ2) is 9.42. The predicted octanol–water partition coefficient (Wildman–Crippen LogP) is 2.09. The summed E-state index contributed by atoms with van der Waals surface area (Å²) in [7, 11) is -1.16. The minimum atomic E-state index is -4.14. The summed E-state index contributed by atoms with van der Waals surface area (Å²) >= 11 is 0. The molecule has 0 aliphatic carbocycles. The van der Waals surface area contributed by atoms with E-state index in [1.807, 2.05) is 0 Å². The zero-order chi connectivity index (χ0) is 21.6. The highest BCUT2D eigenvalue weighted by Crippen LogP contribution is 2.32. The SMILES string of the molecule is COc1ccc(C(NC(C)=O)S(=O)(=O)C(NC(C)=O)c2ccc(OC)cc2)cc1. The molecule has 0 saturated carbocycles. The first-order chi connectivity index (χ1) is 13.7. The van der Waals surface area contributed by atoms with Gasteiger partial charge in [-0.15, -0.1) is 0 Å². The van der Waals surface area contributed by atoms with Crippen molar-refractivity contribution in [2.24, 2.45) is 0 Å². The third kappa shape index (κ3) is 5.47. The quantitative estimate of drug-likeness (QED) is 0.677. The Balaban J connectivity index is 2.55. The summed E-state index contributed by atoms with van der Waals surface area (Å²) in [6.45, 7) is 2.46. The maximum atomic E-state index is 13.5. The number of carbonyl (C=O) groups is 2. The number of sulfone groups is 1. The second-order valence-electron chi connectivity index (χ2n) is 6.30. The van der Waals surface area contributed by atoms with E-state index in [0.29, 0.717) is 22.6 Å². The third-order valence-corrected chi connectivity index (χ3v) is 6.26. The monoisotopic (exact) mass is 420 g/mol. The van der Waals surface area contributed by atoms with Crippen LogP contribution in [0.5, 0.6) is 11.5 Å². The van der Waals surface area contributed by atoms with Crippen molar-refractivity contribution in [2.45, 2.75) is 24.6 Å². The molecular weight excluding hydrogens is 396 g/mol.